The molecule has 1 saturated heterocycles. The van der Waals surface area contributed by atoms with Crippen LogP contribution >= 0.6 is 12.4 Å². The molecule has 3 atom stereocenters. The van der Waals surface area contributed by atoms with E-state index in [1.807, 2.05) is 27.7 Å². The van der Waals surface area contributed by atoms with E-state index >= 15 is 0 Å². The lowest BCUT2D eigenvalue weighted by Crippen LogP contribution is -2.48. The number of aliphatic hydroxyl groups is 1. The summed E-state index contributed by atoms with van der Waals surface area (Å²) in [5.41, 5.74) is -0.618. The molecule has 1 fully saturated rings. The zero-order valence-corrected chi connectivity index (χ0v) is 13.1. The van der Waals surface area contributed by atoms with Crippen LogP contribution in [0.25, 0.3) is 0 Å². The Morgan fingerprint density at radius 1 is 1.42 bits per heavy atom. The summed E-state index contributed by atoms with van der Waals surface area (Å²) in [5.74, 6) is 2.55. The molecule has 19 heavy (non-hydrogen) atoms. The normalized spacial score (nSPS) is 26.3. The quantitative estimate of drug-likeness (QED) is 0.776. The zero-order chi connectivity index (χ0) is 13.8. The van der Waals surface area contributed by atoms with E-state index in [-0.39, 0.29) is 31.2 Å². The summed E-state index contributed by atoms with van der Waals surface area (Å²) in [6.45, 7) is 10.3. The first-order valence-corrected chi connectivity index (χ1v) is 6.50. The molecule has 0 saturated carbocycles. The van der Waals surface area contributed by atoms with Crippen molar-refractivity contribution in [3.05, 3.63) is 0 Å². The molecule has 0 amide bonds. The monoisotopic (exact) mass is 291 g/mol. The van der Waals surface area contributed by atoms with Crippen LogP contribution in [0, 0.1) is 12.3 Å². The lowest BCUT2D eigenvalue weighted by Gasteiger charge is -2.36. The Hall–Kier alpha value is -0.310. The van der Waals surface area contributed by atoms with Gasteiger partial charge in [-0.25, -0.2) is 0 Å². The molecule has 4 nitrogen and oxygen atoms in total. The van der Waals surface area contributed by atoms with Gasteiger partial charge in [0, 0.05) is 19.6 Å². The number of aliphatic hydroxyl groups excluding tert-OH is 1. The summed E-state index contributed by atoms with van der Waals surface area (Å²) in [4.78, 5) is 2.20. The molecular formula is C14H26ClNO3. The number of rotatable bonds is 5. The van der Waals surface area contributed by atoms with Crippen molar-refractivity contribution in [2.45, 2.75) is 51.6 Å². The molecule has 112 valence electrons. The highest BCUT2D eigenvalue weighted by molar-refractivity contribution is 5.85. The van der Waals surface area contributed by atoms with Gasteiger partial charge >= 0.3 is 0 Å². The molecule has 1 aliphatic rings. The minimum Gasteiger partial charge on any atom is -0.389 e. The highest BCUT2D eigenvalue weighted by Gasteiger charge is 2.24. The maximum Gasteiger partial charge on any atom is 0.122 e. The topological polar surface area (TPSA) is 41.9 Å². The van der Waals surface area contributed by atoms with E-state index < -0.39 is 11.7 Å². The minimum absolute atomic E-state index is 0. The highest BCUT2D eigenvalue weighted by atomic mass is 35.5. The third-order valence-electron chi connectivity index (χ3n) is 2.95. The fraction of sp³-hybridized carbons (Fsp3) is 0.857. The summed E-state index contributed by atoms with van der Waals surface area (Å²) in [6, 6.07) is 0. The van der Waals surface area contributed by atoms with Crippen molar-refractivity contribution < 1.29 is 14.6 Å². The molecule has 0 bridgehead atoms. The van der Waals surface area contributed by atoms with Gasteiger partial charge in [-0.1, -0.05) is 5.92 Å². The Morgan fingerprint density at radius 3 is 2.42 bits per heavy atom. The van der Waals surface area contributed by atoms with Crippen molar-refractivity contribution >= 4 is 12.4 Å². The third kappa shape index (κ3) is 7.14. The van der Waals surface area contributed by atoms with Gasteiger partial charge in [-0.15, -0.1) is 18.8 Å². The van der Waals surface area contributed by atoms with Crippen LogP contribution in [-0.4, -0.2) is 60.2 Å². The van der Waals surface area contributed by atoms with Crippen molar-refractivity contribution in [2.75, 3.05) is 26.2 Å². The van der Waals surface area contributed by atoms with E-state index in [1.165, 1.54) is 0 Å². The van der Waals surface area contributed by atoms with Crippen LogP contribution in [0.4, 0.5) is 0 Å². The average Bonchev–Trinajstić information content (AvgIpc) is 2.25. The van der Waals surface area contributed by atoms with Crippen molar-refractivity contribution in [1.29, 1.82) is 0 Å². The molecular weight excluding hydrogens is 266 g/mol. The van der Waals surface area contributed by atoms with Gasteiger partial charge in [-0.3, -0.25) is 4.90 Å². The van der Waals surface area contributed by atoms with Gasteiger partial charge in [-0.05, 0) is 27.7 Å². The number of halogens is 1. The van der Waals surface area contributed by atoms with Gasteiger partial charge < -0.3 is 14.6 Å². The summed E-state index contributed by atoms with van der Waals surface area (Å²) >= 11 is 0. The maximum absolute atomic E-state index is 9.96. The number of terminal acetylenes is 1. The number of β-amino-alcohol motifs (C(OH)–C–C–N with tert-alkyl or cyclic N) is 1. The highest BCUT2D eigenvalue weighted by Crippen LogP contribution is 2.12. The summed E-state index contributed by atoms with van der Waals surface area (Å²) in [6.07, 6.45) is 5.24. The first kappa shape index (κ1) is 18.7. The van der Waals surface area contributed by atoms with Gasteiger partial charge in [0.2, 0.25) is 0 Å². The Morgan fingerprint density at radius 2 is 1.95 bits per heavy atom. The van der Waals surface area contributed by atoms with Gasteiger partial charge in [0.25, 0.3) is 0 Å². The second-order valence-electron chi connectivity index (χ2n) is 5.60. The second-order valence-corrected chi connectivity index (χ2v) is 5.60. The zero-order valence-electron chi connectivity index (χ0n) is 12.3. The standard InChI is InChI=1S/C14H25NO3.ClH/c1-6-14(4,5)17-10-13(16)9-15-7-11(2)18-12(3)8-15;/h1,11-13,16H,7-10H2,2-5H3;1H. The fourth-order valence-corrected chi connectivity index (χ4v) is 2.13. The number of nitrogens with zero attached hydrogens (tertiary/aromatic N) is 1. The lowest BCUT2D eigenvalue weighted by molar-refractivity contribution is -0.0885. The molecule has 0 spiro atoms. The molecule has 1 N–H and O–H groups in total. The molecule has 1 heterocycles. The van der Waals surface area contributed by atoms with Crippen LogP contribution in [0.15, 0.2) is 0 Å². The van der Waals surface area contributed by atoms with E-state index in [0.29, 0.717) is 6.54 Å². The van der Waals surface area contributed by atoms with Crippen LogP contribution in [0.1, 0.15) is 27.7 Å². The third-order valence-corrected chi connectivity index (χ3v) is 2.95. The molecule has 1 rings (SSSR count). The summed E-state index contributed by atoms with van der Waals surface area (Å²) in [7, 11) is 0. The first-order chi connectivity index (χ1) is 8.32. The van der Waals surface area contributed by atoms with E-state index in [2.05, 4.69) is 10.8 Å². The van der Waals surface area contributed by atoms with Crippen LogP contribution in [0.3, 0.4) is 0 Å². The second kappa shape index (κ2) is 8.08. The Balaban J connectivity index is 0.00000324. The molecule has 0 radical (unpaired) electrons. The first-order valence-electron chi connectivity index (χ1n) is 6.50. The van der Waals surface area contributed by atoms with Crippen LogP contribution in [0.5, 0.6) is 0 Å². The molecule has 1 aliphatic heterocycles. The van der Waals surface area contributed by atoms with Gasteiger partial charge in [0.1, 0.15) is 5.60 Å². The molecule has 0 aromatic heterocycles. The van der Waals surface area contributed by atoms with Crippen LogP contribution in [0.2, 0.25) is 0 Å². The minimum atomic E-state index is -0.618. The average molecular weight is 292 g/mol. The van der Waals surface area contributed by atoms with Crippen LogP contribution < -0.4 is 0 Å². The molecule has 0 aliphatic carbocycles. The van der Waals surface area contributed by atoms with E-state index in [4.69, 9.17) is 15.9 Å². The number of morpholine rings is 1. The van der Waals surface area contributed by atoms with E-state index in [1.54, 1.807) is 0 Å². The summed E-state index contributed by atoms with van der Waals surface area (Å²) in [5, 5.41) is 9.96. The SMILES string of the molecule is C#CC(C)(C)OCC(O)CN1CC(C)OC(C)C1.Cl. The Labute approximate surface area is 122 Å². The van der Waals surface area contributed by atoms with Crippen molar-refractivity contribution in [3.8, 4) is 12.3 Å². The predicted octanol–water partition coefficient (Wildman–Crippen LogP) is 1.31. The lowest BCUT2D eigenvalue weighted by atomic mass is 10.1. The molecule has 0 aromatic rings. The fourth-order valence-electron chi connectivity index (χ4n) is 2.13. The van der Waals surface area contributed by atoms with E-state index in [0.717, 1.165) is 13.1 Å². The number of ether oxygens (including phenoxy) is 2. The van der Waals surface area contributed by atoms with Crippen molar-refractivity contribution in [1.82, 2.24) is 4.90 Å². The predicted molar refractivity (Wildman–Crippen MR) is 78.6 cm³/mol. The van der Waals surface area contributed by atoms with Gasteiger partial charge in [0.15, 0.2) is 0 Å². The molecule has 3 unspecified atom stereocenters. The Kier molecular flexibility index (Phi) is 7.95. The van der Waals surface area contributed by atoms with Gasteiger partial charge in [-0.2, -0.15) is 0 Å². The largest absolute Gasteiger partial charge is 0.389 e. The number of hydrogen-bond donors (Lipinski definition) is 1. The smallest absolute Gasteiger partial charge is 0.122 e. The van der Waals surface area contributed by atoms with E-state index in [9.17, 15) is 5.11 Å². The van der Waals surface area contributed by atoms with Crippen molar-refractivity contribution in [3.63, 3.8) is 0 Å². The summed E-state index contributed by atoms with van der Waals surface area (Å²) < 4.78 is 11.1. The Bertz CT molecular complexity index is 294. The molecule has 0 aromatic carbocycles. The van der Waals surface area contributed by atoms with Gasteiger partial charge in [0.05, 0.1) is 24.9 Å². The molecule has 5 heteroatoms. The number of hydrogen-bond acceptors (Lipinski definition) is 4. The maximum atomic E-state index is 9.96. The van der Waals surface area contributed by atoms with Crippen LogP contribution in [-0.2, 0) is 9.47 Å². The van der Waals surface area contributed by atoms with Crippen molar-refractivity contribution in [2.24, 2.45) is 0 Å².